The molecular weight excluding hydrogens is 216 g/mol. The molecule has 16 heavy (non-hydrogen) atoms. The molecule has 0 unspecified atom stereocenters. The Morgan fingerprint density at radius 3 is 2.50 bits per heavy atom. The van der Waals surface area contributed by atoms with Crippen molar-refractivity contribution in [1.82, 2.24) is 0 Å². The van der Waals surface area contributed by atoms with Gasteiger partial charge in [-0.1, -0.05) is 6.92 Å². The highest BCUT2D eigenvalue weighted by atomic mass is 16.7. The Morgan fingerprint density at radius 2 is 2.00 bits per heavy atom. The van der Waals surface area contributed by atoms with E-state index in [0.717, 1.165) is 0 Å². The van der Waals surface area contributed by atoms with E-state index >= 15 is 0 Å². The van der Waals surface area contributed by atoms with Crippen molar-refractivity contribution in [1.29, 1.82) is 0 Å². The molecule has 1 heterocycles. The molecule has 0 amide bonds. The van der Waals surface area contributed by atoms with E-state index in [2.05, 4.69) is 0 Å². The maximum Gasteiger partial charge on any atom is 0.305 e. The lowest BCUT2D eigenvalue weighted by atomic mass is 10.3. The van der Waals surface area contributed by atoms with Crippen molar-refractivity contribution >= 4 is 11.9 Å². The van der Waals surface area contributed by atoms with Crippen LogP contribution < -0.4 is 0 Å². The summed E-state index contributed by atoms with van der Waals surface area (Å²) in [7, 11) is 0. The number of carboxylic acids is 1. The highest BCUT2D eigenvalue weighted by Crippen LogP contribution is 2.13. The van der Waals surface area contributed by atoms with Crippen LogP contribution in [0.25, 0.3) is 0 Å². The monoisotopic (exact) mass is 232 g/mol. The summed E-state index contributed by atoms with van der Waals surface area (Å²) in [4.78, 5) is 21.3. The normalized spacial score (nSPS) is 25.1. The van der Waals surface area contributed by atoms with Gasteiger partial charge in [0.1, 0.15) is 6.10 Å². The third kappa shape index (κ3) is 4.59. The van der Waals surface area contributed by atoms with Gasteiger partial charge in [0.15, 0.2) is 6.29 Å². The Labute approximate surface area is 93.5 Å². The number of hydrogen-bond acceptors (Lipinski definition) is 5. The molecule has 1 rings (SSSR count). The van der Waals surface area contributed by atoms with Crippen LogP contribution in [0.3, 0.4) is 0 Å². The van der Waals surface area contributed by atoms with Gasteiger partial charge in [-0.05, 0) is 0 Å². The first-order valence-corrected chi connectivity index (χ1v) is 5.26. The molecule has 0 aromatic heterocycles. The third-order valence-corrected chi connectivity index (χ3v) is 2.12. The highest BCUT2D eigenvalue weighted by Gasteiger charge is 2.24. The molecule has 1 aliphatic rings. The van der Waals surface area contributed by atoms with Crippen LogP contribution in [-0.2, 0) is 23.8 Å². The highest BCUT2D eigenvalue weighted by molar-refractivity contribution is 5.69. The maximum absolute atomic E-state index is 11.0. The van der Waals surface area contributed by atoms with E-state index in [4.69, 9.17) is 19.3 Å². The van der Waals surface area contributed by atoms with E-state index in [1.54, 1.807) is 6.92 Å². The number of carbonyl (C=O) groups excluding carboxylic acids is 1. The van der Waals surface area contributed by atoms with Gasteiger partial charge < -0.3 is 19.3 Å². The second-order valence-corrected chi connectivity index (χ2v) is 3.49. The number of esters is 1. The molecule has 0 atom stereocenters. The number of hydrogen-bond donors (Lipinski definition) is 1. The average Bonchev–Trinajstić information content (AvgIpc) is 2.28. The zero-order valence-corrected chi connectivity index (χ0v) is 9.18. The third-order valence-electron chi connectivity index (χ3n) is 2.12. The summed E-state index contributed by atoms with van der Waals surface area (Å²) in [5.41, 5.74) is 0. The van der Waals surface area contributed by atoms with Gasteiger partial charge >= 0.3 is 11.9 Å². The molecule has 0 aliphatic carbocycles. The number of aliphatic carboxylic acids is 1. The molecule has 6 heteroatoms. The summed E-state index contributed by atoms with van der Waals surface area (Å²) in [6.07, 6.45) is -0.256. The van der Waals surface area contributed by atoms with Gasteiger partial charge in [0.05, 0.1) is 19.6 Å². The average molecular weight is 232 g/mol. The van der Waals surface area contributed by atoms with Crippen LogP contribution in [0.4, 0.5) is 0 Å². The van der Waals surface area contributed by atoms with Crippen molar-refractivity contribution in [3.05, 3.63) is 0 Å². The fraction of sp³-hybridized carbons (Fsp3) is 0.800. The Kier molecular flexibility index (Phi) is 5.21. The van der Waals surface area contributed by atoms with E-state index < -0.39 is 12.3 Å². The van der Waals surface area contributed by atoms with Crippen molar-refractivity contribution in [3.8, 4) is 0 Å². The van der Waals surface area contributed by atoms with Crippen molar-refractivity contribution in [2.75, 3.05) is 13.2 Å². The summed E-state index contributed by atoms with van der Waals surface area (Å²) in [6, 6.07) is 0. The van der Waals surface area contributed by atoms with Crippen LogP contribution in [0, 0.1) is 0 Å². The summed E-state index contributed by atoms with van der Waals surface area (Å²) in [5, 5.41) is 8.47. The second-order valence-electron chi connectivity index (χ2n) is 3.49. The maximum atomic E-state index is 11.0. The summed E-state index contributed by atoms with van der Waals surface area (Å²) >= 11 is 0. The molecule has 0 saturated carbocycles. The lowest BCUT2D eigenvalue weighted by Gasteiger charge is -2.28. The molecule has 0 aromatic rings. The van der Waals surface area contributed by atoms with Crippen molar-refractivity contribution in [2.45, 2.75) is 38.6 Å². The fourth-order valence-corrected chi connectivity index (χ4v) is 1.27. The Hall–Kier alpha value is -1.14. The van der Waals surface area contributed by atoms with Gasteiger partial charge in [0.25, 0.3) is 0 Å². The predicted molar refractivity (Wildman–Crippen MR) is 52.7 cm³/mol. The van der Waals surface area contributed by atoms with Gasteiger partial charge in [-0.2, -0.15) is 0 Å². The van der Waals surface area contributed by atoms with Crippen LogP contribution in [0.2, 0.25) is 0 Å². The van der Waals surface area contributed by atoms with Crippen LogP contribution in [0.1, 0.15) is 26.2 Å². The molecule has 1 fully saturated rings. The van der Waals surface area contributed by atoms with Crippen molar-refractivity contribution in [2.24, 2.45) is 0 Å². The molecule has 1 aliphatic heterocycles. The zero-order chi connectivity index (χ0) is 12.0. The summed E-state index contributed by atoms with van der Waals surface area (Å²) in [5.74, 6) is -1.17. The van der Waals surface area contributed by atoms with Gasteiger partial charge in [0.2, 0.25) is 0 Å². The standard InChI is InChI=1S/C10H16O6/c1-2-9(13)16-7-5-14-10(15-6-7)4-3-8(11)12/h7,10H,2-6H2,1H3,(H,11,12). The Bertz CT molecular complexity index is 244. The number of ether oxygens (including phenoxy) is 3. The smallest absolute Gasteiger partial charge is 0.305 e. The molecule has 1 N–H and O–H groups in total. The van der Waals surface area contributed by atoms with Crippen LogP contribution in [0.5, 0.6) is 0 Å². The SMILES string of the molecule is CCC(=O)OC1COC(CCC(=O)O)OC1. The molecule has 0 spiro atoms. The molecule has 0 aromatic carbocycles. The predicted octanol–water partition coefficient (Wildman–Crippen LogP) is 0.546. The summed E-state index contributed by atoms with van der Waals surface area (Å²) in [6.45, 7) is 2.23. The lowest BCUT2D eigenvalue weighted by molar-refractivity contribution is -0.228. The van der Waals surface area contributed by atoms with Gasteiger partial charge in [-0.15, -0.1) is 0 Å². The quantitative estimate of drug-likeness (QED) is 0.697. The minimum Gasteiger partial charge on any atom is -0.481 e. The first-order chi connectivity index (χ1) is 7.61. The van der Waals surface area contributed by atoms with Crippen LogP contribution in [-0.4, -0.2) is 42.7 Å². The van der Waals surface area contributed by atoms with E-state index in [9.17, 15) is 9.59 Å². The first kappa shape index (κ1) is 12.9. The first-order valence-electron chi connectivity index (χ1n) is 5.26. The van der Waals surface area contributed by atoms with Gasteiger partial charge in [0, 0.05) is 12.8 Å². The zero-order valence-electron chi connectivity index (χ0n) is 9.18. The van der Waals surface area contributed by atoms with Gasteiger partial charge in [-0.25, -0.2) is 0 Å². The number of carboxylic acid groups (broad SMARTS) is 1. The molecule has 0 radical (unpaired) electrons. The van der Waals surface area contributed by atoms with E-state index in [-0.39, 0.29) is 31.7 Å². The number of carbonyl (C=O) groups is 2. The Morgan fingerprint density at radius 1 is 1.38 bits per heavy atom. The molecule has 0 bridgehead atoms. The molecule has 1 saturated heterocycles. The van der Waals surface area contributed by atoms with Crippen LogP contribution in [0.15, 0.2) is 0 Å². The summed E-state index contributed by atoms with van der Waals surface area (Å²) < 4.78 is 15.5. The van der Waals surface area contributed by atoms with E-state index in [0.29, 0.717) is 12.8 Å². The topological polar surface area (TPSA) is 82.1 Å². The molecule has 92 valence electrons. The Balaban J connectivity index is 2.18. The minimum absolute atomic E-state index is 0.00405. The van der Waals surface area contributed by atoms with Crippen LogP contribution >= 0.6 is 0 Å². The van der Waals surface area contributed by atoms with E-state index in [1.807, 2.05) is 0 Å². The molecule has 6 nitrogen and oxygen atoms in total. The van der Waals surface area contributed by atoms with Gasteiger partial charge in [-0.3, -0.25) is 9.59 Å². The second kappa shape index (κ2) is 6.44. The minimum atomic E-state index is -0.883. The molecular formula is C10H16O6. The fourth-order valence-electron chi connectivity index (χ4n) is 1.27. The van der Waals surface area contributed by atoms with E-state index in [1.165, 1.54) is 0 Å². The lowest BCUT2D eigenvalue weighted by Crippen LogP contribution is -2.38. The van der Waals surface area contributed by atoms with Crippen molar-refractivity contribution in [3.63, 3.8) is 0 Å². The van der Waals surface area contributed by atoms with Crippen molar-refractivity contribution < 1.29 is 28.9 Å². The number of rotatable bonds is 5. The largest absolute Gasteiger partial charge is 0.481 e.